The molecule has 7 aromatic carbocycles. The smallest absolute Gasteiger partial charge is 1.00 e. The first-order chi connectivity index (χ1) is 54.9. The van der Waals surface area contributed by atoms with E-state index >= 15 is 0 Å². The van der Waals surface area contributed by atoms with Crippen LogP contribution in [0.4, 0.5) is 39.0 Å². The molecule has 0 spiro atoms. The van der Waals surface area contributed by atoms with E-state index in [1.807, 2.05) is 92.7 Å². The zero-order valence-electron chi connectivity index (χ0n) is 62.3. The number of alkyl halides is 1. The number of anilines is 1. The molecule has 0 fully saturated rings. The molecule has 0 radical (unpaired) electrons. The Bertz CT molecular complexity index is 5850. The third-order valence-corrected chi connectivity index (χ3v) is 17.0. The van der Waals surface area contributed by atoms with Gasteiger partial charge in [-0.15, -0.1) is 44.5 Å². The molecule has 9 N–H and O–H groups in total. The Morgan fingerprint density at radius 2 is 1.03 bits per heavy atom. The normalized spacial score (nSPS) is 9.81. The number of carboxylic acid groups (broad SMARTS) is 1. The van der Waals surface area contributed by atoms with Gasteiger partial charge in [-0.25, -0.2) is 37.5 Å². The van der Waals surface area contributed by atoms with Gasteiger partial charge in [0.25, 0.3) is 17.6 Å². The number of nitrogens with zero attached hydrogens (tertiary/aromatic N) is 9. The first kappa shape index (κ1) is 107. The van der Waals surface area contributed by atoms with Crippen LogP contribution in [0, 0.1) is 54.1 Å². The molecular formula is C71H67ClF5K2N13O22S5. The number of para-hydroxylation sites is 9. The number of thioether (sulfide) groups is 1. The van der Waals surface area contributed by atoms with Crippen LogP contribution in [0.2, 0.25) is 0 Å². The minimum absolute atomic E-state index is 0. The first-order valence-corrected chi connectivity index (χ1v) is 36.1. The summed E-state index contributed by atoms with van der Waals surface area (Å²) in [6.07, 6.45) is 0. The minimum atomic E-state index is -4.67. The number of aliphatic hydroxyl groups excluding tert-OH is 1. The van der Waals surface area contributed by atoms with E-state index in [0.717, 1.165) is 77.3 Å². The second-order valence-corrected chi connectivity index (χ2v) is 25.2. The van der Waals surface area contributed by atoms with Crippen molar-refractivity contribution in [2.45, 2.75) is 31.6 Å². The Morgan fingerprint density at radius 1 is 0.622 bits per heavy atom. The molecular weight excluding hydrogens is 1760 g/mol. The van der Waals surface area contributed by atoms with Crippen molar-refractivity contribution in [2.24, 2.45) is 0 Å². The number of benzene rings is 7. The number of aromatic nitrogens is 10. The number of hydrogen-bond acceptors (Lipinski definition) is 29. The van der Waals surface area contributed by atoms with Crippen LogP contribution in [0.1, 0.15) is 59.0 Å². The summed E-state index contributed by atoms with van der Waals surface area (Å²) in [5.74, 6) is -3.09. The number of nitro benzene ring substituents is 2. The fraction of sp³-hybridized carbons (Fsp3) is 0.127. The molecule has 13 rings (SSSR count). The van der Waals surface area contributed by atoms with Gasteiger partial charge in [-0.2, -0.15) is 22.3 Å². The summed E-state index contributed by atoms with van der Waals surface area (Å²) in [5, 5.41) is 65.5. The van der Waals surface area contributed by atoms with Crippen LogP contribution in [0.25, 0.3) is 54.6 Å². The summed E-state index contributed by atoms with van der Waals surface area (Å²) >= 11 is 15.3. The Hall–Kier alpha value is -9.85. The summed E-state index contributed by atoms with van der Waals surface area (Å²) in [7, 11) is 1.87. The zero-order valence-corrected chi connectivity index (χ0v) is 72.4. The van der Waals surface area contributed by atoms with Gasteiger partial charge in [-0.05, 0) is 120 Å². The number of aliphatic hydroxyl groups is 1. The van der Waals surface area contributed by atoms with E-state index in [-0.39, 0.29) is 187 Å². The summed E-state index contributed by atoms with van der Waals surface area (Å²) in [4.78, 5) is 101. The van der Waals surface area contributed by atoms with E-state index in [0.29, 0.717) is 27.3 Å². The molecule has 0 amide bonds. The van der Waals surface area contributed by atoms with Gasteiger partial charge >= 0.3 is 142 Å². The maximum Gasteiger partial charge on any atom is 1.00 e. The van der Waals surface area contributed by atoms with Gasteiger partial charge in [0.05, 0.1) is 93.1 Å². The van der Waals surface area contributed by atoms with Crippen molar-refractivity contribution in [2.75, 3.05) is 41.3 Å². The summed E-state index contributed by atoms with van der Waals surface area (Å²) in [6, 6.07) is 42.0. The number of H-pyrrole nitrogens is 3. The van der Waals surface area contributed by atoms with Crippen LogP contribution in [-0.4, -0.2) is 147 Å². The van der Waals surface area contributed by atoms with Crippen LogP contribution in [0.5, 0.6) is 11.5 Å². The number of rotatable bonds is 16. The molecule has 0 saturated heterocycles. The average Bonchev–Trinajstić information content (AvgIpc) is 1.67. The summed E-state index contributed by atoms with van der Waals surface area (Å²) in [6.45, 7) is -0.181. The minimum Gasteiger partial charge on any atom is -1.00 e. The van der Waals surface area contributed by atoms with E-state index in [1.165, 1.54) is 73.5 Å². The van der Waals surface area contributed by atoms with Crippen LogP contribution < -0.4 is 134 Å². The average molecular weight is 1820 g/mol. The molecule has 0 aliphatic heterocycles. The van der Waals surface area contributed by atoms with E-state index in [2.05, 4.69) is 54.7 Å². The number of carboxylic acids is 1. The molecule has 6 aromatic heterocycles. The third kappa shape index (κ3) is 31.0. The fourth-order valence-electron chi connectivity index (χ4n) is 9.15. The maximum atomic E-state index is 14.2. The number of carbonyl (C=O) groups is 4. The number of nitrogens with two attached hydrogens (primary N) is 1. The van der Waals surface area contributed by atoms with Gasteiger partial charge in [-0.3, -0.25) is 58.0 Å². The van der Waals surface area contributed by atoms with Gasteiger partial charge in [0, 0.05) is 7.11 Å². The SMILES string of the molecule is C.C.CO.COC(=O)c1cccc(F)c1N.COC(=O)c1cccc(F)c1[N+](=O)[O-].COc1ccccc1-n1c(-c2cccs2)n[nH]c1=S.COc1ccccc1-n1c(SCc2nc3c(F)cccc3c(=O)[nH]2)nnc1-c1cccs1.O=C(O)c1cccc(F)c1[N+](=O)[O-].O=CO[O-].O=S(=O)(O)O.O=c1[nH]c(CCl)nc2c(F)cccc12.[H-].[K+].[K+]. The molecule has 0 aliphatic rings. The number of fused-ring (bicyclic) bond motifs is 2. The molecule has 6 heterocycles. The molecule has 0 unspecified atom stereocenters. The first-order valence-electron chi connectivity index (χ1n) is 31.1. The number of nitrogen functional groups attached to an aromatic ring is 1. The molecule has 0 atom stereocenters. The number of aromatic amines is 3. The van der Waals surface area contributed by atoms with E-state index in [1.54, 1.807) is 43.0 Å². The van der Waals surface area contributed by atoms with Crippen molar-refractivity contribution in [1.29, 1.82) is 0 Å². The molecule has 0 bridgehead atoms. The number of aromatic carboxylic acids is 1. The number of ether oxygens (including phenoxy) is 4. The molecule has 13 aromatic rings. The molecule has 0 aliphatic carbocycles. The van der Waals surface area contributed by atoms with Crippen LogP contribution >= 0.6 is 58.3 Å². The molecule has 119 heavy (non-hydrogen) atoms. The Balaban J connectivity index is 0.00000142. The Kier molecular flexibility index (Phi) is 48.3. The summed E-state index contributed by atoms with van der Waals surface area (Å²) in [5.41, 5.74) is 3.29. The third-order valence-electron chi connectivity index (χ3n) is 13.8. The topological polar surface area (TPSA) is 521 Å². The summed E-state index contributed by atoms with van der Waals surface area (Å²) < 4.78 is 121. The Labute approximate surface area is 779 Å². The zero-order chi connectivity index (χ0) is 85.2. The van der Waals surface area contributed by atoms with Gasteiger partial charge in [0.2, 0.25) is 11.6 Å². The standard InChI is InChI=1S/C22H16FN5O2S2.C13H11N3OS2.C9H6ClFN2O.C8H6FNO4.C8H8FNO2.C7H4FNO4.CH2O3.CH4O.2CH4.2K.H2O4S.H/c1-30-16-9-3-2-8-15(16)28-20(17-10-5-11-31-17)26-27-22(28)32-12-18-24-19-13(21(29)25-18)6-4-7-14(19)23;1-17-10-6-3-2-5-9(10)16-12(14-15-13(16)18)11-7-4-8-19-11;10-4-7-12-8-5(9(14)13-7)2-1-3-6(8)11;1-14-8(11)5-3-2-4-6(9)7(5)10(12)13;1-12-8(11)5-3-2-4-6(9)7(5)10;8-5-3-1-2-4(7(10)11)6(5)9(12)13;2-1-4-3;1-2;;;;;1-5(2,3)4;/h2-11H,12H2,1H3,(H,24,25,29);2-8H,1H3,(H,15,18);1-3H,4H2,(H,12,13,14);2-4H,1H3;2-4H,10H2,1H3;1-3H,(H,10,11);1,3H;2H,1H3;2*1H4;;;(H2,1,2,3,4);/q;;;;;;;;;;2*+1;;-1/p-1. The van der Waals surface area contributed by atoms with Gasteiger partial charge in [0.15, 0.2) is 21.6 Å². The van der Waals surface area contributed by atoms with Crippen molar-refractivity contribution in [3.8, 4) is 44.3 Å². The van der Waals surface area contributed by atoms with Crippen LogP contribution in [0.3, 0.4) is 0 Å². The predicted molar refractivity (Wildman–Crippen MR) is 424 cm³/mol. The van der Waals surface area contributed by atoms with Crippen molar-refractivity contribution < 1.29 is 212 Å². The Morgan fingerprint density at radius 3 is 1.45 bits per heavy atom. The number of nitrogens with one attached hydrogen (secondary N) is 3. The van der Waals surface area contributed by atoms with Crippen molar-refractivity contribution in [3.05, 3.63) is 278 Å². The van der Waals surface area contributed by atoms with Crippen LogP contribution in [0.15, 0.2) is 189 Å². The number of esters is 2. The van der Waals surface area contributed by atoms with Crippen molar-refractivity contribution in [3.63, 3.8) is 0 Å². The van der Waals surface area contributed by atoms with Gasteiger partial charge < -0.3 is 56.4 Å². The van der Waals surface area contributed by atoms with Crippen molar-refractivity contribution >= 4 is 132 Å². The number of nitro groups is 2. The van der Waals surface area contributed by atoms with E-state index in [9.17, 15) is 66.2 Å². The fourth-order valence-corrected chi connectivity index (χ4v) is 11.7. The molecule has 35 nitrogen and oxygen atoms in total. The number of hydrogen-bond donors (Lipinski definition) is 8. The van der Waals surface area contributed by atoms with Crippen molar-refractivity contribution in [1.82, 2.24) is 49.5 Å². The van der Waals surface area contributed by atoms with Gasteiger partial charge in [0.1, 0.15) is 62.8 Å². The number of methoxy groups -OCH3 is 4. The predicted octanol–water partition coefficient (Wildman–Crippen LogP) is 7.07. The van der Waals surface area contributed by atoms with E-state index in [4.69, 9.17) is 76.8 Å². The maximum absolute atomic E-state index is 14.2. The number of halogens is 6. The molecule has 0 saturated carbocycles. The number of thiophene rings is 2. The van der Waals surface area contributed by atoms with Crippen LogP contribution in [-0.2, 0) is 41.2 Å². The molecule has 48 heteroatoms. The number of carbonyl (C=O) groups excluding carboxylic acids is 3. The largest absolute Gasteiger partial charge is 1.00 e. The second kappa shape index (κ2) is 53.6. The monoisotopic (exact) mass is 1820 g/mol. The quantitative estimate of drug-likeness (QED) is 0.00389. The second-order valence-electron chi connectivity index (χ2n) is 20.8. The van der Waals surface area contributed by atoms with E-state index < -0.39 is 89.7 Å². The van der Waals surface area contributed by atoms with Gasteiger partial charge in [-0.1, -0.05) is 93.3 Å². The molecule has 622 valence electrons.